The summed E-state index contributed by atoms with van der Waals surface area (Å²) in [6.07, 6.45) is 1.56. The molecule has 0 saturated heterocycles. The van der Waals surface area contributed by atoms with Crippen LogP contribution in [0.2, 0.25) is 5.02 Å². The standard InChI is InChI=1S/C25H18ClNO5/c1-15-3-6-17(7-4-15)23-27-21(25(29)32-23)14-16-5-12-22(20(26)13-16)31-24(28)18-8-10-19(30-2)11-9-18/h3-14H,1-2H3/b21-14+. The summed E-state index contributed by atoms with van der Waals surface area (Å²) in [4.78, 5) is 28.9. The van der Waals surface area contributed by atoms with Crippen LogP contribution in [0.3, 0.4) is 0 Å². The lowest BCUT2D eigenvalue weighted by atomic mass is 10.1. The predicted octanol–water partition coefficient (Wildman–Crippen LogP) is 5.22. The van der Waals surface area contributed by atoms with E-state index in [-0.39, 0.29) is 22.4 Å². The minimum absolute atomic E-state index is 0.152. The van der Waals surface area contributed by atoms with Crippen LogP contribution < -0.4 is 9.47 Å². The summed E-state index contributed by atoms with van der Waals surface area (Å²) in [5, 5.41) is 0.218. The number of benzene rings is 3. The smallest absolute Gasteiger partial charge is 0.363 e. The summed E-state index contributed by atoms with van der Waals surface area (Å²) in [6.45, 7) is 1.97. The number of nitrogens with zero attached hydrogens (tertiary/aromatic N) is 1. The minimum atomic E-state index is -0.549. The molecule has 1 aliphatic rings. The fraction of sp³-hybridized carbons (Fsp3) is 0.0800. The van der Waals surface area contributed by atoms with Gasteiger partial charge in [-0.05, 0) is 67.1 Å². The molecule has 0 bridgehead atoms. The predicted molar refractivity (Wildman–Crippen MR) is 121 cm³/mol. The second kappa shape index (κ2) is 9.08. The van der Waals surface area contributed by atoms with Crippen molar-refractivity contribution in [2.45, 2.75) is 6.92 Å². The Balaban J connectivity index is 1.51. The van der Waals surface area contributed by atoms with Gasteiger partial charge in [-0.15, -0.1) is 0 Å². The van der Waals surface area contributed by atoms with Crippen molar-refractivity contribution in [3.05, 3.63) is 99.7 Å². The minimum Gasteiger partial charge on any atom is -0.497 e. The first-order valence-electron chi connectivity index (χ1n) is 9.68. The van der Waals surface area contributed by atoms with Crippen molar-refractivity contribution in [1.29, 1.82) is 0 Å². The van der Waals surface area contributed by atoms with Gasteiger partial charge in [-0.2, -0.15) is 0 Å². The number of aliphatic imine (C=N–C) groups is 1. The molecule has 0 atom stereocenters. The van der Waals surface area contributed by atoms with E-state index in [1.54, 1.807) is 55.7 Å². The Morgan fingerprint density at radius 2 is 1.75 bits per heavy atom. The van der Waals surface area contributed by atoms with Crippen LogP contribution in [0.5, 0.6) is 11.5 Å². The average Bonchev–Trinajstić information content (AvgIpc) is 3.16. The van der Waals surface area contributed by atoms with Crippen LogP contribution in [-0.4, -0.2) is 24.9 Å². The Morgan fingerprint density at radius 3 is 2.41 bits per heavy atom. The van der Waals surface area contributed by atoms with Gasteiger partial charge in [-0.3, -0.25) is 0 Å². The fourth-order valence-corrected chi connectivity index (χ4v) is 3.19. The number of hydrogen-bond donors (Lipinski definition) is 0. The van der Waals surface area contributed by atoms with Crippen molar-refractivity contribution in [3.8, 4) is 11.5 Å². The van der Waals surface area contributed by atoms with Gasteiger partial charge in [0.25, 0.3) is 0 Å². The molecule has 160 valence electrons. The van der Waals surface area contributed by atoms with Crippen molar-refractivity contribution >= 4 is 35.5 Å². The molecule has 32 heavy (non-hydrogen) atoms. The number of halogens is 1. The van der Waals surface area contributed by atoms with Crippen LogP contribution in [-0.2, 0) is 9.53 Å². The van der Waals surface area contributed by atoms with Crippen molar-refractivity contribution in [1.82, 2.24) is 0 Å². The van der Waals surface area contributed by atoms with Gasteiger partial charge in [0.05, 0.1) is 17.7 Å². The van der Waals surface area contributed by atoms with E-state index >= 15 is 0 Å². The zero-order chi connectivity index (χ0) is 22.7. The number of aryl methyl sites for hydroxylation is 1. The van der Waals surface area contributed by atoms with E-state index in [1.165, 1.54) is 0 Å². The molecule has 1 heterocycles. The lowest BCUT2D eigenvalue weighted by molar-refractivity contribution is -0.129. The first kappa shape index (κ1) is 21.3. The Kier molecular flexibility index (Phi) is 6.05. The molecule has 0 radical (unpaired) electrons. The summed E-state index contributed by atoms with van der Waals surface area (Å²) < 4.78 is 15.7. The number of esters is 2. The van der Waals surface area contributed by atoms with E-state index in [4.69, 9.17) is 25.8 Å². The number of hydrogen-bond acceptors (Lipinski definition) is 6. The van der Waals surface area contributed by atoms with Crippen LogP contribution in [0.15, 0.2) is 77.4 Å². The maximum absolute atomic E-state index is 12.4. The van der Waals surface area contributed by atoms with Crippen LogP contribution >= 0.6 is 11.6 Å². The van der Waals surface area contributed by atoms with Crippen LogP contribution in [0.1, 0.15) is 27.0 Å². The van der Waals surface area contributed by atoms with Gasteiger partial charge in [0.15, 0.2) is 5.70 Å². The first-order valence-corrected chi connectivity index (χ1v) is 10.1. The largest absolute Gasteiger partial charge is 0.497 e. The van der Waals surface area contributed by atoms with E-state index < -0.39 is 11.9 Å². The molecule has 3 aromatic carbocycles. The molecular weight excluding hydrogens is 430 g/mol. The summed E-state index contributed by atoms with van der Waals surface area (Å²) >= 11 is 6.29. The fourth-order valence-electron chi connectivity index (χ4n) is 2.96. The number of carbonyl (C=O) groups is 2. The Bertz CT molecular complexity index is 1240. The molecule has 0 aromatic heterocycles. The maximum Gasteiger partial charge on any atom is 0.363 e. The summed E-state index contributed by atoms with van der Waals surface area (Å²) in [5.41, 5.74) is 2.93. The van der Waals surface area contributed by atoms with Gasteiger partial charge >= 0.3 is 11.9 Å². The van der Waals surface area contributed by atoms with Gasteiger partial charge in [-0.25, -0.2) is 14.6 Å². The Hall–Kier alpha value is -3.90. The number of carbonyl (C=O) groups excluding carboxylic acids is 2. The van der Waals surface area contributed by atoms with E-state index in [0.717, 1.165) is 5.56 Å². The van der Waals surface area contributed by atoms with E-state index in [1.807, 2.05) is 31.2 Å². The molecule has 0 N–H and O–H groups in total. The quantitative estimate of drug-likeness (QED) is 0.304. The molecule has 0 saturated carbocycles. The second-order valence-corrected chi connectivity index (χ2v) is 7.42. The highest BCUT2D eigenvalue weighted by molar-refractivity contribution is 6.32. The Labute approximate surface area is 189 Å². The van der Waals surface area contributed by atoms with Gasteiger partial charge in [0, 0.05) is 5.56 Å². The second-order valence-electron chi connectivity index (χ2n) is 7.01. The summed E-state index contributed by atoms with van der Waals surface area (Å²) in [6, 6.07) is 18.9. The topological polar surface area (TPSA) is 74.2 Å². The molecule has 0 aliphatic carbocycles. The highest BCUT2D eigenvalue weighted by atomic mass is 35.5. The van der Waals surface area contributed by atoms with Gasteiger partial charge in [0.2, 0.25) is 5.90 Å². The zero-order valence-corrected chi connectivity index (χ0v) is 18.1. The monoisotopic (exact) mass is 447 g/mol. The number of ether oxygens (including phenoxy) is 3. The normalized spacial score (nSPS) is 14.2. The summed E-state index contributed by atoms with van der Waals surface area (Å²) in [7, 11) is 1.55. The SMILES string of the molecule is COc1ccc(C(=O)Oc2ccc(/C=C3/N=C(c4ccc(C)cc4)OC3=O)cc2Cl)cc1. The van der Waals surface area contributed by atoms with Crippen molar-refractivity contribution in [3.63, 3.8) is 0 Å². The molecule has 0 amide bonds. The average molecular weight is 448 g/mol. The third kappa shape index (κ3) is 4.71. The lowest BCUT2D eigenvalue weighted by Crippen LogP contribution is -2.08. The van der Waals surface area contributed by atoms with E-state index in [9.17, 15) is 9.59 Å². The molecule has 7 heteroatoms. The highest BCUT2D eigenvalue weighted by Gasteiger charge is 2.24. The molecule has 0 unspecified atom stereocenters. The van der Waals surface area contributed by atoms with Crippen LogP contribution in [0.25, 0.3) is 6.08 Å². The van der Waals surface area contributed by atoms with Crippen molar-refractivity contribution < 1.29 is 23.8 Å². The Morgan fingerprint density at radius 1 is 1.03 bits per heavy atom. The molecule has 0 fully saturated rings. The van der Waals surface area contributed by atoms with E-state index in [2.05, 4.69) is 4.99 Å². The molecule has 4 rings (SSSR count). The van der Waals surface area contributed by atoms with Crippen molar-refractivity contribution in [2.24, 2.45) is 4.99 Å². The van der Waals surface area contributed by atoms with Gasteiger partial charge in [-0.1, -0.05) is 35.4 Å². The molecule has 3 aromatic rings. The third-order valence-electron chi connectivity index (χ3n) is 4.71. The van der Waals surface area contributed by atoms with Crippen molar-refractivity contribution in [2.75, 3.05) is 7.11 Å². The number of methoxy groups -OCH3 is 1. The molecular formula is C25H18ClNO5. The van der Waals surface area contributed by atoms with Gasteiger partial charge < -0.3 is 14.2 Å². The lowest BCUT2D eigenvalue weighted by Gasteiger charge is -2.07. The zero-order valence-electron chi connectivity index (χ0n) is 17.3. The van der Waals surface area contributed by atoms with Crippen LogP contribution in [0.4, 0.5) is 0 Å². The maximum atomic E-state index is 12.4. The molecule has 0 spiro atoms. The molecule has 1 aliphatic heterocycles. The van der Waals surface area contributed by atoms with Crippen LogP contribution in [0, 0.1) is 6.92 Å². The third-order valence-corrected chi connectivity index (χ3v) is 5.00. The summed E-state index contributed by atoms with van der Waals surface area (Å²) in [5.74, 6) is -0.0143. The van der Waals surface area contributed by atoms with Gasteiger partial charge in [0.1, 0.15) is 11.5 Å². The highest BCUT2D eigenvalue weighted by Crippen LogP contribution is 2.28. The first-order chi connectivity index (χ1) is 15.4. The van der Waals surface area contributed by atoms with E-state index in [0.29, 0.717) is 22.4 Å². The molecule has 6 nitrogen and oxygen atoms in total. The number of rotatable bonds is 5. The number of cyclic esters (lactones) is 1.